The van der Waals surface area contributed by atoms with Crippen LogP contribution in [0.25, 0.3) is 0 Å². The number of fused-ring (bicyclic) bond motifs is 1. The number of anilines is 1. The predicted octanol–water partition coefficient (Wildman–Crippen LogP) is 3.91. The SMILES string of the molecule is CCC(=O)C1(NC(=O)C(=O)c2c(C)c(C(=O)Nc3ccnc(C(F)F)c3F)c3n2CCC3)CC(F)(F)C1. The number of hydrogen-bond donors (Lipinski definition) is 2. The Hall–Kier alpha value is -3.64. The number of carbonyl (C=O) groups is 4. The predicted molar refractivity (Wildman–Crippen MR) is 119 cm³/mol. The van der Waals surface area contributed by atoms with Crippen molar-refractivity contribution in [2.24, 2.45) is 0 Å². The van der Waals surface area contributed by atoms with Gasteiger partial charge in [-0.1, -0.05) is 6.92 Å². The lowest BCUT2D eigenvalue weighted by molar-refractivity contribution is -0.163. The van der Waals surface area contributed by atoms with E-state index in [-0.39, 0.29) is 29.8 Å². The Morgan fingerprint density at radius 3 is 2.46 bits per heavy atom. The molecule has 8 nitrogen and oxygen atoms in total. The molecule has 1 saturated carbocycles. The second kappa shape index (κ2) is 9.34. The molecular formula is C24H23F5N4O4. The Balaban J connectivity index is 1.63. The van der Waals surface area contributed by atoms with Crippen LogP contribution >= 0.6 is 0 Å². The van der Waals surface area contributed by atoms with Crippen LogP contribution < -0.4 is 10.6 Å². The summed E-state index contributed by atoms with van der Waals surface area (Å²) >= 11 is 0. The van der Waals surface area contributed by atoms with Crippen molar-refractivity contribution in [3.8, 4) is 0 Å². The minimum atomic E-state index is -3.21. The maximum Gasteiger partial charge on any atom is 0.294 e. The van der Waals surface area contributed by atoms with Gasteiger partial charge in [0.15, 0.2) is 11.6 Å². The average Bonchev–Trinajstić information content (AvgIpc) is 3.37. The summed E-state index contributed by atoms with van der Waals surface area (Å²) in [7, 11) is 0. The number of pyridine rings is 1. The molecule has 1 fully saturated rings. The van der Waals surface area contributed by atoms with Crippen LogP contribution in [-0.2, 0) is 22.6 Å². The van der Waals surface area contributed by atoms with Gasteiger partial charge < -0.3 is 15.2 Å². The van der Waals surface area contributed by atoms with Gasteiger partial charge in [0.05, 0.1) is 16.9 Å². The minimum absolute atomic E-state index is 0.0296. The molecule has 0 atom stereocenters. The van der Waals surface area contributed by atoms with Gasteiger partial charge in [-0.2, -0.15) is 0 Å². The summed E-state index contributed by atoms with van der Waals surface area (Å²) in [4.78, 5) is 54.7. The fraction of sp³-hybridized carbons (Fsp3) is 0.458. The molecule has 2 N–H and O–H groups in total. The van der Waals surface area contributed by atoms with Crippen molar-refractivity contribution in [3.63, 3.8) is 0 Å². The number of ketones is 2. The lowest BCUT2D eigenvalue weighted by Crippen LogP contribution is -2.67. The van der Waals surface area contributed by atoms with E-state index in [9.17, 15) is 41.1 Å². The largest absolute Gasteiger partial charge is 0.341 e. The molecule has 0 spiro atoms. The van der Waals surface area contributed by atoms with E-state index in [2.05, 4.69) is 15.6 Å². The van der Waals surface area contributed by atoms with Crippen LogP contribution in [0.5, 0.6) is 0 Å². The van der Waals surface area contributed by atoms with Crippen LogP contribution in [0.2, 0.25) is 0 Å². The lowest BCUT2D eigenvalue weighted by Gasteiger charge is -2.46. The van der Waals surface area contributed by atoms with E-state index in [1.165, 1.54) is 18.4 Å². The molecule has 0 radical (unpaired) electrons. The monoisotopic (exact) mass is 526 g/mol. The summed E-state index contributed by atoms with van der Waals surface area (Å²) in [6, 6.07) is 1.00. The summed E-state index contributed by atoms with van der Waals surface area (Å²) in [5.74, 6) is -8.44. The average molecular weight is 526 g/mol. The van der Waals surface area contributed by atoms with Crippen LogP contribution in [0.15, 0.2) is 12.3 Å². The molecule has 13 heteroatoms. The number of amides is 2. The highest BCUT2D eigenvalue weighted by atomic mass is 19.3. The van der Waals surface area contributed by atoms with Gasteiger partial charge in [-0.3, -0.25) is 24.2 Å². The molecule has 2 aromatic rings. The van der Waals surface area contributed by atoms with Crippen LogP contribution in [0.4, 0.5) is 27.6 Å². The Labute approximate surface area is 207 Å². The number of hydrogen-bond acceptors (Lipinski definition) is 5. The van der Waals surface area contributed by atoms with Crippen molar-refractivity contribution >= 4 is 29.1 Å². The van der Waals surface area contributed by atoms with Gasteiger partial charge in [0.2, 0.25) is 0 Å². The van der Waals surface area contributed by atoms with Gasteiger partial charge in [0.25, 0.3) is 29.9 Å². The molecule has 4 rings (SSSR count). The molecule has 2 aromatic heterocycles. The van der Waals surface area contributed by atoms with Crippen molar-refractivity contribution in [1.29, 1.82) is 0 Å². The molecule has 0 bridgehead atoms. The van der Waals surface area contributed by atoms with Crippen LogP contribution in [0, 0.1) is 12.7 Å². The highest BCUT2D eigenvalue weighted by Gasteiger charge is 2.61. The Kier molecular flexibility index (Phi) is 6.67. The first-order valence-corrected chi connectivity index (χ1v) is 11.6. The van der Waals surface area contributed by atoms with Crippen molar-refractivity contribution in [2.75, 3.05) is 5.32 Å². The summed E-state index contributed by atoms with van der Waals surface area (Å²) in [6.07, 6.45) is -3.39. The zero-order valence-corrected chi connectivity index (χ0v) is 19.9. The zero-order valence-electron chi connectivity index (χ0n) is 19.9. The lowest BCUT2D eigenvalue weighted by atomic mass is 9.69. The molecule has 0 aromatic carbocycles. The fourth-order valence-electron chi connectivity index (χ4n) is 5.11. The van der Waals surface area contributed by atoms with E-state index in [0.717, 1.165) is 12.3 Å². The number of Topliss-reactive ketones (excluding diaryl/α,β-unsaturated/α-hetero) is 2. The summed E-state index contributed by atoms with van der Waals surface area (Å²) in [5.41, 5.74) is -3.26. The first-order chi connectivity index (χ1) is 17.3. The summed E-state index contributed by atoms with van der Waals surface area (Å²) in [5, 5.41) is 4.42. The third kappa shape index (κ3) is 4.51. The van der Waals surface area contributed by atoms with Crippen molar-refractivity contribution in [2.45, 2.75) is 70.4 Å². The van der Waals surface area contributed by atoms with Crippen LogP contribution in [0.3, 0.4) is 0 Å². The van der Waals surface area contributed by atoms with Gasteiger partial charge in [-0.25, -0.2) is 22.0 Å². The van der Waals surface area contributed by atoms with Gasteiger partial charge >= 0.3 is 0 Å². The minimum Gasteiger partial charge on any atom is -0.341 e. The highest BCUT2D eigenvalue weighted by Crippen LogP contribution is 2.46. The van der Waals surface area contributed by atoms with E-state index in [0.29, 0.717) is 18.5 Å². The number of nitrogens with one attached hydrogen (secondary N) is 2. The number of alkyl halides is 4. The fourth-order valence-corrected chi connectivity index (χ4v) is 5.11. The first-order valence-electron chi connectivity index (χ1n) is 11.6. The van der Waals surface area contributed by atoms with Crippen molar-refractivity contribution in [3.05, 3.63) is 46.3 Å². The Bertz CT molecular complexity index is 1310. The topological polar surface area (TPSA) is 110 Å². The normalized spacial score (nSPS) is 17.2. The number of aromatic nitrogens is 2. The quantitative estimate of drug-likeness (QED) is 0.308. The second-order valence-electron chi connectivity index (χ2n) is 9.21. The smallest absolute Gasteiger partial charge is 0.294 e. The maximum absolute atomic E-state index is 14.4. The Morgan fingerprint density at radius 1 is 1.19 bits per heavy atom. The standard InChI is InChI=1S/C24H23F5N4O4/c1-3-14(34)23(9-24(28,29)10-23)32-22(37)19(35)18-11(2)15(13-5-4-8-33(13)18)21(36)31-12-6-7-30-17(16(12)25)20(26)27/h6-7,20H,3-5,8-10H2,1-2H3,(H,32,37)(H,30,31,36). The molecule has 2 amide bonds. The first kappa shape index (κ1) is 26.4. The number of nitrogens with zero attached hydrogens (tertiary/aromatic N) is 2. The molecular weight excluding hydrogens is 503 g/mol. The van der Waals surface area contributed by atoms with Crippen LogP contribution in [-0.4, -0.2) is 44.4 Å². The van der Waals surface area contributed by atoms with Crippen molar-refractivity contribution < 1.29 is 41.1 Å². The molecule has 3 heterocycles. The Morgan fingerprint density at radius 2 is 1.86 bits per heavy atom. The van der Waals surface area contributed by atoms with E-state index >= 15 is 0 Å². The number of rotatable bonds is 8. The highest BCUT2D eigenvalue weighted by molar-refractivity contribution is 6.43. The molecule has 0 unspecified atom stereocenters. The van der Waals surface area contributed by atoms with E-state index in [4.69, 9.17) is 0 Å². The van der Waals surface area contributed by atoms with Gasteiger partial charge in [-0.15, -0.1) is 0 Å². The molecule has 198 valence electrons. The molecule has 37 heavy (non-hydrogen) atoms. The zero-order chi connectivity index (χ0) is 27.3. The number of carbonyl (C=O) groups excluding carboxylic acids is 4. The van der Waals surface area contributed by atoms with Crippen molar-refractivity contribution in [1.82, 2.24) is 14.9 Å². The van der Waals surface area contributed by atoms with Gasteiger partial charge in [-0.05, 0) is 31.4 Å². The van der Waals surface area contributed by atoms with Crippen LogP contribution in [0.1, 0.15) is 76.8 Å². The molecule has 1 aliphatic heterocycles. The van der Waals surface area contributed by atoms with E-state index in [1.54, 1.807) is 0 Å². The second-order valence-corrected chi connectivity index (χ2v) is 9.21. The molecule has 2 aliphatic rings. The third-order valence-electron chi connectivity index (χ3n) is 6.76. The number of halogens is 5. The van der Waals surface area contributed by atoms with E-state index < -0.39 is 71.3 Å². The summed E-state index contributed by atoms with van der Waals surface area (Å²) in [6.45, 7) is 3.12. The maximum atomic E-state index is 14.4. The molecule has 0 saturated heterocycles. The summed E-state index contributed by atoms with van der Waals surface area (Å²) < 4.78 is 69.0. The third-order valence-corrected chi connectivity index (χ3v) is 6.76. The molecule has 1 aliphatic carbocycles. The van der Waals surface area contributed by atoms with E-state index in [1.807, 2.05) is 0 Å². The van der Waals surface area contributed by atoms with Gasteiger partial charge in [0.1, 0.15) is 11.2 Å². The van der Waals surface area contributed by atoms with Gasteiger partial charge in [0, 0.05) is 37.7 Å².